The second kappa shape index (κ2) is 10.4. The monoisotopic (exact) mass is 499 g/mol. The van der Waals surface area contributed by atoms with E-state index >= 15 is 0 Å². The SMILES string of the molecule is O=C(Nc1ccc(=O)n(Cc2ccccc2Cl)c1)C1CCN(C(=O)c2cccc3ccccc23)CC1. The number of likely N-dealkylation sites (tertiary alicyclic amines) is 1. The maximum absolute atomic E-state index is 13.2. The van der Waals surface area contributed by atoms with E-state index in [0.29, 0.717) is 48.7 Å². The van der Waals surface area contributed by atoms with E-state index in [4.69, 9.17) is 11.6 Å². The standard InChI is InChI=1S/C29H26ClN3O3/c30-26-11-4-2-7-22(26)18-33-19-23(12-13-27(33)34)31-28(35)21-14-16-32(17-15-21)29(36)25-10-5-8-20-6-1-3-9-24(20)25/h1-13,19,21H,14-18H2,(H,31,35). The van der Waals surface area contributed by atoms with Crippen LogP contribution in [0.1, 0.15) is 28.8 Å². The van der Waals surface area contributed by atoms with Gasteiger partial charge in [-0.25, -0.2) is 0 Å². The third kappa shape index (κ3) is 5.04. The van der Waals surface area contributed by atoms with Crippen molar-refractivity contribution in [1.29, 1.82) is 0 Å². The van der Waals surface area contributed by atoms with Crippen molar-refractivity contribution in [2.75, 3.05) is 18.4 Å². The van der Waals surface area contributed by atoms with E-state index in [1.165, 1.54) is 10.6 Å². The van der Waals surface area contributed by atoms with Crippen LogP contribution in [0, 0.1) is 5.92 Å². The molecule has 5 rings (SSSR count). The van der Waals surface area contributed by atoms with Crippen molar-refractivity contribution >= 4 is 39.9 Å². The summed E-state index contributed by atoms with van der Waals surface area (Å²) in [5.74, 6) is -0.307. The molecule has 0 aliphatic carbocycles. The molecule has 2 amide bonds. The number of hydrogen-bond acceptors (Lipinski definition) is 3. The molecule has 1 saturated heterocycles. The lowest BCUT2D eigenvalue weighted by atomic mass is 9.94. The Kier molecular flexibility index (Phi) is 6.87. The van der Waals surface area contributed by atoms with Gasteiger partial charge in [-0.2, -0.15) is 0 Å². The highest BCUT2D eigenvalue weighted by atomic mass is 35.5. The van der Waals surface area contributed by atoms with Crippen LogP contribution in [-0.2, 0) is 11.3 Å². The number of anilines is 1. The largest absolute Gasteiger partial charge is 0.339 e. The van der Waals surface area contributed by atoms with Crippen molar-refractivity contribution in [3.63, 3.8) is 0 Å². The Hall–Kier alpha value is -3.90. The lowest BCUT2D eigenvalue weighted by Gasteiger charge is -2.31. The Bertz CT molecular complexity index is 1480. The predicted molar refractivity (Wildman–Crippen MR) is 142 cm³/mol. The van der Waals surface area contributed by atoms with Gasteiger partial charge in [-0.1, -0.05) is 66.2 Å². The number of carbonyl (C=O) groups is 2. The number of halogens is 1. The summed E-state index contributed by atoms with van der Waals surface area (Å²) in [6.45, 7) is 1.36. The topological polar surface area (TPSA) is 71.4 Å². The molecule has 182 valence electrons. The van der Waals surface area contributed by atoms with Crippen LogP contribution in [0.25, 0.3) is 10.8 Å². The molecule has 36 heavy (non-hydrogen) atoms. The van der Waals surface area contributed by atoms with E-state index in [1.807, 2.05) is 65.6 Å². The Labute approximate surface area is 214 Å². The smallest absolute Gasteiger partial charge is 0.254 e. The van der Waals surface area contributed by atoms with Gasteiger partial charge < -0.3 is 14.8 Å². The summed E-state index contributed by atoms with van der Waals surface area (Å²) in [6, 6.07) is 24.0. The van der Waals surface area contributed by atoms with E-state index in [9.17, 15) is 14.4 Å². The molecule has 0 unspecified atom stereocenters. The van der Waals surface area contributed by atoms with E-state index < -0.39 is 0 Å². The lowest BCUT2D eigenvalue weighted by molar-refractivity contribution is -0.121. The van der Waals surface area contributed by atoms with Gasteiger partial charge >= 0.3 is 0 Å². The van der Waals surface area contributed by atoms with E-state index in [1.54, 1.807) is 18.3 Å². The normalized spacial score (nSPS) is 14.1. The predicted octanol–water partition coefficient (Wildman–Crippen LogP) is 5.19. The lowest BCUT2D eigenvalue weighted by Crippen LogP contribution is -2.41. The first-order chi connectivity index (χ1) is 17.5. The van der Waals surface area contributed by atoms with Crippen LogP contribution in [0.15, 0.2) is 89.9 Å². The zero-order chi connectivity index (χ0) is 25.1. The second-order valence-corrected chi connectivity index (χ2v) is 9.46. The second-order valence-electron chi connectivity index (χ2n) is 9.06. The number of hydrogen-bond donors (Lipinski definition) is 1. The fourth-order valence-electron chi connectivity index (χ4n) is 4.71. The van der Waals surface area contributed by atoms with Gasteiger partial charge in [0.1, 0.15) is 0 Å². The third-order valence-electron chi connectivity index (χ3n) is 6.72. The van der Waals surface area contributed by atoms with Crippen LogP contribution in [0.4, 0.5) is 5.69 Å². The number of pyridine rings is 1. The van der Waals surface area contributed by atoms with Gasteiger partial charge in [-0.3, -0.25) is 14.4 Å². The van der Waals surface area contributed by atoms with Gasteiger partial charge in [0.2, 0.25) is 5.91 Å². The first-order valence-electron chi connectivity index (χ1n) is 12.0. The summed E-state index contributed by atoms with van der Waals surface area (Å²) in [5, 5.41) is 5.51. The molecule has 3 aromatic carbocycles. The quantitative estimate of drug-likeness (QED) is 0.410. The summed E-state index contributed by atoms with van der Waals surface area (Å²) in [6.07, 6.45) is 2.81. The number of piperidine rings is 1. The Balaban J connectivity index is 1.22. The fraction of sp³-hybridized carbons (Fsp3) is 0.207. The van der Waals surface area contributed by atoms with Gasteiger partial charge in [-0.15, -0.1) is 0 Å². The number of nitrogens with one attached hydrogen (secondary N) is 1. The molecular formula is C29H26ClN3O3. The van der Waals surface area contributed by atoms with Crippen molar-refractivity contribution in [1.82, 2.24) is 9.47 Å². The first-order valence-corrected chi connectivity index (χ1v) is 12.4. The number of nitrogens with zero attached hydrogens (tertiary/aromatic N) is 2. The summed E-state index contributed by atoms with van der Waals surface area (Å²) < 4.78 is 1.53. The summed E-state index contributed by atoms with van der Waals surface area (Å²) in [5.41, 5.74) is 1.90. The van der Waals surface area contributed by atoms with Crippen molar-refractivity contribution in [3.05, 3.63) is 112 Å². The highest BCUT2D eigenvalue weighted by Crippen LogP contribution is 2.24. The molecule has 4 aromatic rings. The highest BCUT2D eigenvalue weighted by molar-refractivity contribution is 6.31. The molecule has 1 N–H and O–H groups in total. The molecule has 0 bridgehead atoms. The van der Waals surface area contributed by atoms with Crippen LogP contribution in [0.5, 0.6) is 0 Å². The average Bonchev–Trinajstić information content (AvgIpc) is 2.91. The molecule has 1 aliphatic rings. The molecule has 0 atom stereocenters. The molecule has 6 nitrogen and oxygen atoms in total. The molecule has 7 heteroatoms. The highest BCUT2D eigenvalue weighted by Gasteiger charge is 2.28. The number of amides is 2. The van der Waals surface area contributed by atoms with Gasteiger partial charge in [0.15, 0.2) is 0 Å². The number of rotatable bonds is 5. The molecule has 0 spiro atoms. The molecule has 2 heterocycles. The minimum atomic E-state index is -0.203. The zero-order valence-corrected chi connectivity index (χ0v) is 20.4. The maximum Gasteiger partial charge on any atom is 0.254 e. The average molecular weight is 500 g/mol. The van der Waals surface area contributed by atoms with Crippen LogP contribution in [-0.4, -0.2) is 34.4 Å². The first kappa shape index (κ1) is 23.8. The third-order valence-corrected chi connectivity index (χ3v) is 7.09. The van der Waals surface area contributed by atoms with Gasteiger partial charge in [0, 0.05) is 41.9 Å². The van der Waals surface area contributed by atoms with Crippen molar-refractivity contribution < 1.29 is 9.59 Å². The maximum atomic E-state index is 13.2. The van der Waals surface area contributed by atoms with Crippen LogP contribution in [0.3, 0.4) is 0 Å². The number of fused-ring (bicyclic) bond motifs is 1. The Morgan fingerprint density at radius 1 is 0.889 bits per heavy atom. The zero-order valence-electron chi connectivity index (χ0n) is 19.7. The van der Waals surface area contributed by atoms with Gasteiger partial charge in [0.05, 0.1) is 12.2 Å². The fourth-order valence-corrected chi connectivity index (χ4v) is 4.91. The molecular weight excluding hydrogens is 474 g/mol. The Morgan fingerprint density at radius 3 is 2.42 bits per heavy atom. The summed E-state index contributed by atoms with van der Waals surface area (Å²) in [4.78, 5) is 40.4. The van der Waals surface area contributed by atoms with E-state index in [0.717, 1.165) is 16.3 Å². The molecule has 1 aromatic heterocycles. The molecule has 0 saturated carbocycles. The minimum Gasteiger partial charge on any atom is -0.339 e. The van der Waals surface area contributed by atoms with E-state index in [-0.39, 0.29) is 23.3 Å². The molecule has 1 fully saturated rings. The van der Waals surface area contributed by atoms with Crippen molar-refractivity contribution in [2.45, 2.75) is 19.4 Å². The van der Waals surface area contributed by atoms with Gasteiger partial charge in [-0.05, 0) is 47.4 Å². The summed E-state index contributed by atoms with van der Waals surface area (Å²) in [7, 11) is 0. The van der Waals surface area contributed by atoms with Crippen LogP contribution < -0.4 is 10.9 Å². The number of aromatic nitrogens is 1. The van der Waals surface area contributed by atoms with Gasteiger partial charge in [0.25, 0.3) is 11.5 Å². The number of benzene rings is 3. The Morgan fingerprint density at radius 2 is 1.61 bits per heavy atom. The van der Waals surface area contributed by atoms with Crippen LogP contribution >= 0.6 is 11.6 Å². The molecule has 1 aliphatic heterocycles. The van der Waals surface area contributed by atoms with Crippen molar-refractivity contribution in [3.8, 4) is 0 Å². The number of carbonyl (C=O) groups excluding carboxylic acids is 2. The summed E-state index contributed by atoms with van der Waals surface area (Å²) >= 11 is 6.24. The molecule has 0 radical (unpaired) electrons. The minimum absolute atomic E-state index is 0.00249. The van der Waals surface area contributed by atoms with E-state index in [2.05, 4.69) is 5.32 Å². The van der Waals surface area contributed by atoms with Crippen LogP contribution in [0.2, 0.25) is 5.02 Å². The van der Waals surface area contributed by atoms with Crippen molar-refractivity contribution in [2.24, 2.45) is 5.92 Å².